The van der Waals surface area contributed by atoms with Crippen molar-refractivity contribution in [3.8, 4) is 0 Å². The number of H-pyrrole nitrogens is 2. The fourth-order valence-electron chi connectivity index (χ4n) is 2.58. The minimum atomic E-state index is -0.337. The second-order valence-corrected chi connectivity index (χ2v) is 5.53. The average molecular weight is 294 g/mol. The molecule has 3 aromatic rings. The molecule has 1 fully saturated rings. The van der Waals surface area contributed by atoms with Gasteiger partial charge in [-0.2, -0.15) is 5.10 Å². The summed E-state index contributed by atoms with van der Waals surface area (Å²) >= 11 is 0. The van der Waals surface area contributed by atoms with Crippen molar-refractivity contribution in [2.45, 2.75) is 18.8 Å². The number of aromatic nitrogens is 3. The van der Waals surface area contributed by atoms with Crippen molar-refractivity contribution in [2.75, 3.05) is 5.32 Å². The van der Waals surface area contributed by atoms with Crippen LogP contribution in [-0.4, -0.2) is 21.1 Å². The SMILES string of the molecule is O=C(Nc1cc(C2CC2)[nH]n1)c1cc(=O)[nH]c2ccccc12. The number of nitrogens with one attached hydrogen (secondary N) is 3. The number of anilines is 1. The van der Waals surface area contributed by atoms with Crippen molar-refractivity contribution in [2.24, 2.45) is 0 Å². The molecule has 6 nitrogen and oxygen atoms in total. The molecule has 0 unspecified atom stereocenters. The molecule has 1 amide bonds. The monoisotopic (exact) mass is 294 g/mol. The molecule has 1 saturated carbocycles. The molecule has 1 aliphatic carbocycles. The van der Waals surface area contributed by atoms with Gasteiger partial charge >= 0.3 is 0 Å². The maximum atomic E-state index is 12.5. The number of nitrogens with zero attached hydrogens (tertiary/aromatic N) is 1. The van der Waals surface area contributed by atoms with Crippen LogP contribution in [0.15, 0.2) is 41.2 Å². The standard InChI is InChI=1S/C16H14N4O2/c21-15-7-11(10-3-1-2-4-12(10)17-15)16(22)18-14-8-13(19-20-14)9-5-6-9/h1-4,7-9H,5-6H2,(H,17,21)(H2,18,19,20,22). The highest BCUT2D eigenvalue weighted by molar-refractivity contribution is 6.11. The summed E-state index contributed by atoms with van der Waals surface area (Å²) in [6.45, 7) is 0. The Morgan fingerprint density at radius 3 is 2.86 bits per heavy atom. The van der Waals surface area contributed by atoms with Crippen molar-refractivity contribution in [3.05, 3.63) is 58.0 Å². The van der Waals surface area contributed by atoms with Crippen LogP contribution in [0.4, 0.5) is 5.82 Å². The van der Waals surface area contributed by atoms with Gasteiger partial charge in [0.1, 0.15) is 0 Å². The van der Waals surface area contributed by atoms with Crippen LogP contribution < -0.4 is 10.9 Å². The Kier molecular flexibility index (Phi) is 2.82. The second-order valence-electron chi connectivity index (χ2n) is 5.53. The molecule has 0 aliphatic heterocycles. The number of carbonyl (C=O) groups is 1. The van der Waals surface area contributed by atoms with Gasteiger partial charge in [-0.05, 0) is 18.9 Å². The smallest absolute Gasteiger partial charge is 0.257 e. The molecule has 110 valence electrons. The lowest BCUT2D eigenvalue weighted by Gasteiger charge is -2.05. The van der Waals surface area contributed by atoms with Gasteiger partial charge in [0, 0.05) is 34.6 Å². The predicted molar refractivity (Wildman–Crippen MR) is 83.1 cm³/mol. The minimum absolute atomic E-state index is 0.301. The van der Waals surface area contributed by atoms with Gasteiger partial charge in [-0.15, -0.1) is 0 Å². The van der Waals surface area contributed by atoms with E-state index >= 15 is 0 Å². The van der Waals surface area contributed by atoms with Gasteiger partial charge in [0.2, 0.25) is 5.56 Å². The van der Waals surface area contributed by atoms with Crippen molar-refractivity contribution in [1.82, 2.24) is 15.2 Å². The summed E-state index contributed by atoms with van der Waals surface area (Å²) in [6.07, 6.45) is 2.32. The van der Waals surface area contributed by atoms with Crippen molar-refractivity contribution in [3.63, 3.8) is 0 Å². The maximum Gasteiger partial charge on any atom is 0.257 e. The van der Waals surface area contributed by atoms with Crippen LogP contribution in [0.25, 0.3) is 10.9 Å². The number of amides is 1. The van der Waals surface area contributed by atoms with Gasteiger partial charge in [0.15, 0.2) is 5.82 Å². The highest BCUT2D eigenvalue weighted by atomic mass is 16.2. The van der Waals surface area contributed by atoms with Crippen LogP contribution in [0.5, 0.6) is 0 Å². The first-order chi connectivity index (χ1) is 10.7. The highest BCUT2D eigenvalue weighted by Crippen LogP contribution is 2.39. The molecule has 1 aromatic carbocycles. The number of para-hydroxylation sites is 1. The van der Waals surface area contributed by atoms with Crippen molar-refractivity contribution < 1.29 is 4.79 Å². The zero-order valence-corrected chi connectivity index (χ0v) is 11.7. The molecule has 0 spiro atoms. The number of aromatic amines is 2. The third kappa shape index (κ3) is 2.28. The third-order valence-corrected chi connectivity index (χ3v) is 3.85. The molecule has 2 heterocycles. The van der Waals surface area contributed by atoms with Crippen molar-refractivity contribution in [1.29, 1.82) is 0 Å². The summed E-state index contributed by atoms with van der Waals surface area (Å²) in [5.74, 6) is 0.686. The number of rotatable bonds is 3. The summed E-state index contributed by atoms with van der Waals surface area (Å²) in [7, 11) is 0. The maximum absolute atomic E-state index is 12.5. The molecule has 6 heteroatoms. The number of pyridine rings is 1. The van der Waals surface area contributed by atoms with E-state index in [2.05, 4.69) is 20.5 Å². The molecule has 2 aromatic heterocycles. The normalized spacial score (nSPS) is 14.2. The predicted octanol–water partition coefficient (Wildman–Crippen LogP) is 2.38. The van der Waals surface area contributed by atoms with E-state index in [0.717, 1.165) is 18.5 Å². The summed E-state index contributed by atoms with van der Waals surface area (Å²) < 4.78 is 0. The fourth-order valence-corrected chi connectivity index (χ4v) is 2.58. The molecule has 0 atom stereocenters. The third-order valence-electron chi connectivity index (χ3n) is 3.85. The largest absolute Gasteiger partial charge is 0.322 e. The molecule has 0 saturated heterocycles. The minimum Gasteiger partial charge on any atom is -0.322 e. The van der Waals surface area contributed by atoms with Crippen LogP contribution in [-0.2, 0) is 0 Å². The number of fused-ring (bicyclic) bond motifs is 1. The summed E-state index contributed by atoms with van der Waals surface area (Å²) in [5, 5.41) is 10.5. The summed E-state index contributed by atoms with van der Waals surface area (Å²) in [6, 6.07) is 10.4. The zero-order valence-electron chi connectivity index (χ0n) is 11.7. The van der Waals surface area contributed by atoms with Crippen LogP contribution >= 0.6 is 0 Å². The fraction of sp³-hybridized carbons (Fsp3) is 0.188. The Morgan fingerprint density at radius 2 is 2.05 bits per heavy atom. The number of hydrogen-bond acceptors (Lipinski definition) is 3. The molecular weight excluding hydrogens is 280 g/mol. The number of hydrogen-bond donors (Lipinski definition) is 3. The Hall–Kier alpha value is -2.89. The van der Waals surface area contributed by atoms with E-state index in [-0.39, 0.29) is 11.5 Å². The van der Waals surface area contributed by atoms with E-state index in [1.54, 1.807) is 12.1 Å². The Bertz CT molecular complexity index is 921. The molecule has 1 aliphatic rings. The average Bonchev–Trinajstić information content (AvgIpc) is 3.26. The number of benzene rings is 1. The first-order valence-electron chi connectivity index (χ1n) is 7.19. The van der Waals surface area contributed by atoms with Gasteiger partial charge < -0.3 is 10.3 Å². The first kappa shape index (κ1) is 12.8. The molecule has 4 rings (SSSR count). The van der Waals surface area contributed by atoms with Gasteiger partial charge in [-0.25, -0.2) is 0 Å². The van der Waals surface area contributed by atoms with E-state index in [1.807, 2.05) is 18.2 Å². The first-order valence-corrected chi connectivity index (χ1v) is 7.19. The molecule has 3 N–H and O–H groups in total. The van der Waals surface area contributed by atoms with Crippen LogP contribution in [0.1, 0.15) is 34.8 Å². The Balaban J connectivity index is 1.68. The van der Waals surface area contributed by atoms with Gasteiger partial charge in [-0.3, -0.25) is 14.7 Å². The molecule has 0 radical (unpaired) electrons. The van der Waals surface area contributed by atoms with E-state index < -0.39 is 0 Å². The lowest BCUT2D eigenvalue weighted by atomic mass is 10.1. The van der Waals surface area contributed by atoms with Crippen LogP contribution in [0.3, 0.4) is 0 Å². The van der Waals surface area contributed by atoms with Crippen LogP contribution in [0.2, 0.25) is 0 Å². The molecule has 22 heavy (non-hydrogen) atoms. The molecule has 0 bridgehead atoms. The Morgan fingerprint density at radius 1 is 1.23 bits per heavy atom. The lowest BCUT2D eigenvalue weighted by molar-refractivity contribution is 0.102. The van der Waals surface area contributed by atoms with Crippen LogP contribution in [0, 0.1) is 0 Å². The van der Waals surface area contributed by atoms with Gasteiger partial charge in [0.05, 0.1) is 5.56 Å². The van der Waals surface area contributed by atoms with Gasteiger partial charge in [0.25, 0.3) is 5.91 Å². The summed E-state index contributed by atoms with van der Waals surface area (Å²) in [5.41, 5.74) is 1.73. The van der Waals surface area contributed by atoms with Crippen molar-refractivity contribution >= 4 is 22.6 Å². The molecular formula is C16H14N4O2. The van der Waals surface area contributed by atoms with E-state index in [0.29, 0.717) is 28.2 Å². The van der Waals surface area contributed by atoms with E-state index in [9.17, 15) is 9.59 Å². The highest BCUT2D eigenvalue weighted by Gasteiger charge is 2.25. The quantitative estimate of drug-likeness (QED) is 0.692. The van der Waals surface area contributed by atoms with E-state index in [1.165, 1.54) is 6.07 Å². The zero-order chi connectivity index (χ0) is 15.1. The Labute approximate surface area is 125 Å². The summed E-state index contributed by atoms with van der Waals surface area (Å²) in [4.78, 5) is 26.9. The second kappa shape index (κ2) is 4.84. The topological polar surface area (TPSA) is 90.6 Å². The van der Waals surface area contributed by atoms with Gasteiger partial charge in [-0.1, -0.05) is 18.2 Å². The van der Waals surface area contributed by atoms with E-state index in [4.69, 9.17) is 0 Å². The lowest BCUT2D eigenvalue weighted by Crippen LogP contribution is -2.17. The number of carbonyl (C=O) groups excluding carboxylic acids is 1.